The van der Waals surface area contributed by atoms with Crippen LogP contribution in [-0.4, -0.2) is 9.78 Å². The lowest BCUT2D eigenvalue weighted by atomic mass is 10.1. The number of anilines is 1. The van der Waals surface area contributed by atoms with Crippen molar-refractivity contribution in [3.63, 3.8) is 0 Å². The molecule has 1 aromatic heterocycles. The van der Waals surface area contributed by atoms with E-state index in [4.69, 9.17) is 5.73 Å². The molecule has 0 amide bonds. The van der Waals surface area contributed by atoms with Crippen molar-refractivity contribution in [3.8, 4) is 11.3 Å². The number of nitrogens with two attached hydrogens (primary N) is 1. The third-order valence-corrected chi connectivity index (χ3v) is 2.91. The average Bonchev–Trinajstić information content (AvgIpc) is 2.44. The van der Waals surface area contributed by atoms with Gasteiger partial charge in [-0.05, 0) is 40.2 Å². The number of rotatable bonds is 1. The van der Waals surface area contributed by atoms with E-state index in [0.717, 1.165) is 15.7 Å². The van der Waals surface area contributed by atoms with Crippen LogP contribution in [0.2, 0.25) is 0 Å². The molecule has 2 N–H and O–H groups in total. The topological polar surface area (TPSA) is 43.8 Å². The van der Waals surface area contributed by atoms with E-state index in [0.29, 0.717) is 5.82 Å². The molecule has 0 bridgehead atoms. The first-order valence-electron chi connectivity index (χ1n) is 4.33. The average molecular weight is 270 g/mol. The molecule has 15 heavy (non-hydrogen) atoms. The fraction of sp³-hybridized carbons (Fsp3) is 0.100. The Hall–Kier alpha value is -1.36. The molecule has 0 saturated heterocycles. The molecule has 5 heteroatoms. The standard InChI is InChI=1S/C10H9BrFN3/c1-15-9(8(11)10(13)14-15)6-2-4-7(12)5-3-6/h2-5H,1H3,(H2,13,14). The monoisotopic (exact) mass is 269 g/mol. The summed E-state index contributed by atoms with van der Waals surface area (Å²) in [6.45, 7) is 0. The van der Waals surface area contributed by atoms with E-state index in [1.807, 2.05) is 0 Å². The van der Waals surface area contributed by atoms with Crippen LogP contribution in [0.5, 0.6) is 0 Å². The van der Waals surface area contributed by atoms with E-state index in [1.165, 1.54) is 12.1 Å². The minimum atomic E-state index is -0.259. The quantitative estimate of drug-likeness (QED) is 0.865. The molecule has 0 unspecified atom stereocenters. The predicted octanol–water partition coefficient (Wildman–Crippen LogP) is 2.57. The van der Waals surface area contributed by atoms with Gasteiger partial charge >= 0.3 is 0 Å². The van der Waals surface area contributed by atoms with Crippen molar-refractivity contribution in [1.82, 2.24) is 9.78 Å². The van der Waals surface area contributed by atoms with E-state index in [9.17, 15) is 4.39 Å². The number of hydrogen-bond donors (Lipinski definition) is 1. The number of hydrogen-bond acceptors (Lipinski definition) is 2. The van der Waals surface area contributed by atoms with Crippen molar-refractivity contribution in [3.05, 3.63) is 34.6 Å². The maximum absolute atomic E-state index is 12.7. The number of aromatic nitrogens is 2. The molecule has 1 heterocycles. The number of benzene rings is 1. The summed E-state index contributed by atoms with van der Waals surface area (Å²) in [5.41, 5.74) is 7.37. The highest BCUT2D eigenvalue weighted by Gasteiger charge is 2.12. The first-order chi connectivity index (χ1) is 7.09. The Balaban J connectivity index is 2.58. The van der Waals surface area contributed by atoms with Crippen LogP contribution in [0.15, 0.2) is 28.7 Å². The van der Waals surface area contributed by atoms with Crippen LogP contribution in [-0.2, 0) is 7.05 Å². The molecule has 0 spiro atoms. The SMILES string of the molecule is Cn1nc(N)c(Br)c1-c1ccc(F)cc1. The van der Waals surface area contributed by atoms with Crippen LogP contribution in [0.1, 0.15) is 0 Å². The molecule has 2 aromatic rings. The molecule has 0 aliphatic rings. The van der Waals surface area contributed by atoms with Crippen LogP contribution in [0.4, 0.5) is 10.2 Å². The number of nitrogen functional groups attached to an aromatic ring is 1. The Bertz CT molecular complexity index is 490. The molecule has 0 atom stereocenters. The molecule has 78 valence electrons. The van der Waals surface area contributed by atoms with E-state index in [1.54, 1.807) is 23.9 Å². The third-order valence-electron chi connectivity index (χ3n) is 2.13. The first kappa shape index (κ1) is 10.2. The van der Waals surface area contributed by atoms with Crippen molar-refractivity contribution >= 4 is 21.7 Å². The lowest BCUT2D eigenvalue weighted by Gasteiger charge is -2.02. The van der Waals surface area contributed by atoms with Gasteiger partial charge < -0.3 is 5.73 Å². The van der Waals surface area contributed by atoms with Crippen LogP contribution in [0.25, 0.3) is 11.3 Å². The second kappa shape index (κ2) is 3.66. The Labute approximate surface area is 94.8 Å². The van der Waals surface area contributed by atoms with Gasteiger partial charge in [0.05, 0.1) is 10.2 Å². The normalized spacial score (nSPS) is 10.6. The van der Waals surface area contributed by atoms with Crippen molar-refractivity contribution in [2.75, 3.05) is 5.73 Å². The van der Waals surface area contributed by atoms with Gasteiger partial charge in [-0.1, -0.05) is 0 Å². The van der Waals surface area contributed by atoms with Crippen molar-refractivity contribution in [2.24, 2.45) is 7.05 Å². The second-order valence-corrected chi connectivity index (χ2v) is 3.97. The number of halogens is 2. The lowest BCUT2D eigenvalue weighted by molar-refractivity contribution is 0.628. The maximum atomic E-state index is 12.7. The molecule has 0 saturated carbocycles. The molecular weight excluding hydrogens is 261 g/mol. The Kier molecular flexibility index (Phi) is 2.48. The van der Waals surface area contributed by atoms with Gasteiger partial charge in [0.15, 0.2) is 5.82 Å². The summed E-state index contributed by atoms with van der Waals surface area (Å²) in [6, 6.07) is 6.20. The summed E-state index contributed by atoms with van der Waals surface area (Å²) in [7, 11) is 1.79. The molecule has 0 aliphatic carbocycles. The van der Waals surface area contributed by atoms with Gasteiger partial charge in [0.25, 0.3) is 0 Å². The molecular formula is C10H9BrFN3. The van der Waals surface area contributed by atoms with Gasteiger partial charge in [-0.3, -0.25) is 4.68 Å². The highest BCUT2D eigenvalue weighted by atomic mass is 79.9. The first-order valence-corrected chi connectivity index (χ1v) is 5.13. The highest BCUT2D eigenvalue weighted by Crippen LogP contribution is 2.31. The van der Waals surface area contributed by atoms with Crippen molar-refractivity contribution in [1.29, 1.82) is 0 Å². The Morgan fingerprint density at radius 3 is 2.40 bits per heavy atom. The van der Waals surface area contributed by atoms with E-state index >= 15 is 0 Å². The summed E-state index contributed by atoms with van der Waals surface area (Å²) in [5.74, 6) is 0.168. The van der Waals surface area contributed by atoms with Gasteiger partial charge in [-0.15, -0.1) is 0 Å². The Morgan fingerprint density at radius 1 is 1.33 bits per heavy atom. The fourth-order valence-electron chi connectivity index (χ4n) is 1.44. The van der Waals surface area contributed by atoms with Crippen molar-refractivity contribution in [2.45, 2.75) is 0 Å². The zero-order valence-electron chi connectivity index (χ0n) is 8.04. The summed E-state index contributed by atoms with van der Waals surface area (Å²) in [6.07, 6.45) is 0. The van der Waals surface area contributed by atoms with E-state index < -0.39 is 0 Å². The third kappa shape index (κ3) is 1.74. The molecule has 1 aromatic carbocycles. The highest BCUT2D eigenvalue weighted by molar-refractivity contribution is 9.10. The lowest BCUT2D eigenvalue weighted by Crippen LogP contribution is -1.94. The molecule has 3 nitrogen and oxygen atoms in total. The molecule has 0 radical (unpaired) electrons. The minimum Gasteiger partial charge on any atom is -0.381 e. The zero-order valence-corrected chi connectivity index (χ0v) is 9.62. The van der Waals surface area contributed by atoms with Gasteiger partial charge in [0.1, 0.15) is 5.82 Å². The summed E-state index contributed by atoms with van der Waals surface area (Å²) >= 11 is 3.35. The maximum Gasteiger partial charge on any atom is 0.160 e. The minimum absolute atomic E-state index is 0.259. The molecule has 0 aliphatic heterocycles. The zero-order chi connectivity index (χ0) is 11.0. The number of nitrogens with zero attached hydrogens (tertiary/aromatic N) is 2. The second-order valence-electron chi connectivity index (χ2n) is 3.18. The van der Waals surface area contributed by atoms with Crippen LogP contribution in [0.3, 0.4) is 0 Å². The van der Waals surface area contributed by atoms with Crippen LogP contribution < -0.4 is 5.73 Å². The van der Waals surface area contributed by atoms with E-state index in [-0.39, 0.29) is 5.82 Å². The van der Waals surface area contributed by atoms with Crippen molar-refractivity contribution < 1.29 is 4.39 Å². The summed E-state index contributed by atoms with van der Waals surface area (Å²) in [4.78, 5) is 0. The smallest absolute Gasteiger partial charge is 0.160 e. The van der Waals surface area contributed by atoms with Gasteiger partial charge in [0.2, 0.25) is 0 Å². The van der Waals surface area contributed by atoms with Gasteiger partial charge in [-0.2, -0.15) is 5.10 Å². The summed E-state index contributed by atoms with van der Waals surface area (Å²) < 4.78 is 15.1. The largest absolute Gasteiger partial charge is 0.381 e. The summed E-state index contributed by atoms with van der Waals surface area (Å²) in [5, 5.41) is 4.06. The van der Waals surface area contributed by atoms with E-state index in [2.05, 4.69) is 21.0 Å². The Morgan fingerprint density at radius 2 is 1.93 bits per heavy atom. The number of aryl methyl sites for hydroxylation is 1. The van der Waals surface area contributed by atoms with Crippen LogP contribution >= 0.6 is 15.9 Å². The fourth-order valence-corrected chi connectivity index (χ4v) is 2.01. The van der Waals surface area contributed by atoms with Gasteiger partial charge in [0, 0.05) is 12.6 Å². The molecule has 0 fully saturated rings. The predicted molar refractivity (Wildman–Crippen MR) is 60.7 cm³/mol. The van der Waals surface area contributed by atoms with Gasteiger partial charge in [-0.25, -0.2) is 4.39 Å². The molecule has 2 rings (SSSR count). The van der Waals surface area contributed by atoms with Crippen LogP contribution in [0, 0.1) is 5.82 Å².